The van der Waals surface area contributed by atoms with Crippen molar-refractivity contribution >= 4 is 0 Å². The molecule has 0 radical (unpaired) electrons. The molecule has 0 bridgehead atoms. The van der Waals surface area contributed by atoms with Gasteiger partial charge in [0.05, 0.1) is 25.4 Å². The summed E-state index contributed by atoms with van der Waals surface area (Å²) in [6, 6.07) is 0. The van der Waals surface area contributed by atoms with Crippen molar-refractivity contribution < 1.29 is 9.47 Å². The molecule has 4 N–H and O–H groups in total. The standard InChI is InChI=1S/C16H32N2O2/c17-9-11-19-15-5-1-13(2-6-15)14-3-7-16(8-4-14)20-12-10-18/h13-16H,1-12,17-18H2. The first-order valence-electron chi connectivity index (χ1n) is 8.46. The Kier molecular flexibility index (Phi) is 7.28. The van der Waals surface area contributed by atoms with Crippen LogP contribution in [0.1, 0.15) is 51.4 Å². The summed E-state index contributed by atoms with van der Waals surface area (Å²) in [5, 5.41) is 0. The average Bonchev–Trinajstić information content (AvgIpc) is 2.52. The van der Waals surface area contributed by atoms with Gasteiger partial charge in [0.1, 0.15) is 0 Å². The first kappa shape index (κ1) is 16.2. The molecule has 2 saturated carbocycles. The number of ether oxygens (including phenoxy) is 2. The second-order valence-corrected chi connectivity index (χ2v) is 6.39. The van der Waals surface area contributed by atoms with Gasteiger partial charge in [-0.05, 0) is 63.2 Å². The van der Waals surface area contributed by atoms with Gasteiger partial charge < -0.3 is 20.9 Å². The fourth-order valence-electron chi connectivity index (χ4n) is 3.92. The van der Waals surface area contributed by atoms with Crippen LogP contribution in [-0.4, -0.2) is 38.5 Å². The van der Waals surface area contributed by atoms with Crippen LogP contribution >= 0.6 is 0 Å². The molecule has 0 atom stereocenters. The normalized spacial score (nSPS) is 35.1. The third-order valence-corrected chi connectivity index (χ3v) is 5.05. The summed E-state index contributed by atoms with van der Waals surface area (Å²) in [6.07, 6.45) is 11.2. The summed E-state index contributed by atoms with van der Waals surface area (Å²) >= 11 is 0. The quantitative estimate of drug-likeness (QED) is 0.750. The van der Waals surface area contributed by atoms with Gasteiger partial charge in [0.15, 0.2) is 0 Å². The lowest BCUT2D eigenvalue weighted by atomic mass is 9.72. The van der Waals surface area contributed by atoms with E-state index in [9.17, 15) is 0 Å². The lowest BCUT2D eigenvalue weighted by molar-refractivity contribution is -0.00727. The molecule has 0 aromatic heterocycles. The molecule has 0 aromatic rings. The molecular weight excluding hydrogens is 252 g/mol. The fourth-order valence-corrected chi connectivity index (χ4v) is 3.92. The van der Waals surface area contributed by atoms with E-state index in [2.05, 4.69) is 0 Å². The van der Waals surface area contributed by atoms with Gasteiger partial charge in [0.2, 0.25) is 0 Å². The predicted octanol–water partition coefficient (Wildman–Crippen LogP) is 2.05. The molecule has 4 nitrogen and oxygen atoms in total. The van der Waals surface area contributed by atoms with E-state index >= 15 is 0 Å². The van der Waals surface area contributed by atoms with E-state index in [1.54, 1.807) is 0 Å². The minimum Gasteiger partial charge on any atom is -0.377 e. The van der Waals surface area contributed by atoms with Gasteiger partial charge in [0.25, 0.3) is 0 Å². The maximum atomic E-state index is 5.77. The number of hydrogen-bond acceptors (Lipinski definition) is 4. The van der Waals surface area contributed by atoms with Crippen molar-refractivity contribution in [3.63, 3.8) is 0 Å². The lowest BCUT2D eigenvalue weighted by Crippen LogP contribution is -2.31. The van der Waals surface area contributed by atoms with Crippen LogP contribution in [0.2, 0.25) is 0 Å². The Labute approximate surface area is 123 Å². The van der Waals surface area contributed by atoms with Crippen molar-refractivity contribution in [2.24, 2.45) is 23.3 Å². The third kappa shape index (κ3) is 4.99. The predicted molar refractivity (Wildman–Crippen MR) is 81.5 cm³/mol. The monoisotopic (exact) mass is 284 g/mol. The molecule has 2 rings (SSSR count). The van der Waals surface area contributed by atoms with Crippen molar-refractivity contribution in [2.45, 2.75) is 63.6 Å². The molecule has 2 fully saturated rings. The smallest absolute Gasteiger partial charge is 0.0592 e. The van der Waals surface area contributed by atoms with E-state index in [0.717, 1.165) is 25.0 Å². The fraction of sp³-hybridized carbons (Fsp3) is 1.00. The van der Waals surface area contributed by atoms with E-state index in [4.69, 9.17) is 20.9 Å². The van der Waals surface area contributed by atoms with Crippen LogP contribution in [-0.2, 0) is 9.47 Å². The van der Waals surface area contributed by atoms with E-state index in [1.165, 1.54) is 51.4 Å². The highest BCUT2D eigenvalue weighted by atomic mass is 16.5. The van der Waals surface area contributed by atoms with Crippen LogP contribution in [0.25, 0.3) is 0 Å². The van der Waals surface area contributed by atoms with Crippen LogP contribution in [0.15, 0.2) is 0 Å². The molecule has 0 aromatic carbocycles. The Hall–Kier alpha value is -0.160. The first-order valence-corrected chi connectivity index (χ1v) is 8.46. The molecule has 0 saturated heterocycles. The highest BCUT2D eigenvalue weighted by molar-refractivity contribution is 4.82. The largest absolute Gasteiger partial charge is 0.377 e. The Balaban J connectivity index is 1.63. The molecule has 0 heterocycles. The highest BCUT2D eigenvalue weighted by Crippen LogP contribution is 2.39. The van der Waals surface area contributed by atoms with E-state index < -0.39 is 0 Å². The van der Waals surface area contributed by atoms with E-state index in [0.29, 0.717) is 25.3 Å². The Morgan fingerprint density at radius 2 is 0.950 bits per heavy atom. The van der Waals surface area contributed by atoms with Crippen LogP contribution in [0.3, 0.4) is 0 Å². The van der Waals surface area contributed by atoms with Gasteiger partial charge in [-0.3, -0.25) is 0 Å². The number of rotatable bonds is 7. The summed E-state index contributed by atoms with van der Waals surface area (Å²) in [4.78, 5) is 0. The molecule has 0 aliphatic heterocycles. The number of nitrogens with two attached hydrogens (primary N) is 2. The van der Waals surface area contributed by atoms with Gasteiger partial charge in [-0.2, -0.15) is 0 Å². The highest BCUT2D eigenvalue weighted by Gasteiger charge is 2.31. The van der Waals surface area contributed by atoms with Gasteiger partial charge in [-0.1, -0.05) is 0 Å². The molecule has 0 amide bonds. The third-order valence-electron chi connectivity index (χ3n) is 5.05. The SMILES string of the molecule is NCCOC1CCC(C2CCC(OCCN)CC2)CC1. The molecular formula is C16H32N2O2. The van der Waals surface area contributed by atoms with Crippen molar-refractivity contribution in [3.8, 4) is 0 Å². The molecule has 0 unspecified atom stereocenters. The molecule has 4 heteroatoms. The van der Waals surface area contributed by atoms with E-state index in [1.807, 2.05) is 0 Å². The molecule has 2 aliphatic carbocycles. The molecule has 0 spiro atoms. The van der Waals surface area contributed by atoms with Crippen molar-refractivity contribution in [1.29, 1.82) is 0 Å². The Morgan fingerprint density at radius 3 is 1.25 bits per heavy atom. The van der Waals surface area contributed by atoms with Gasteiger partial charge in [-0.25, -0.2) is 0 Å². The van der Waals surface area contributed by atoms with Crippen LogP contribution in [0.4, 0.5) is 0 Å². The maximum Gasteiger partial charge on any atom is 0.0592 e. The molecule has 118 valence electrons. The summed E-state index contributed by atoms with van der Waals surface area (Å²) in [5.41, 5.74) is 11.0. The van der Waals surface area contributed by atoms with Gasteiger partial charge >= 0.3 is 0 Å². The first-order chi connectivity index (χ1) is 9.83. The van der Waals surface area contributed by atoms with Gasteiger partial charge in [0, 0.05) is 13.1 Å². The van der Waals surface area contributed by atoms with Crippen molar-refractivity contribution in [1.82, 2.24) is 0 Å². The summed E-state index contributed by atoms with van der Waals surface area (Å²) in [7, 11) is 0. The molecule has 2 aliphatic rings. The average molecular weight is 284 g/mol. The topological polar surface area (TPSA) is 70.5 Å². The van der Waals surface area contributed by atoms with E-state index in [-0.39, 0.29) is 0 Å². The number of hydrogen-bond donors (Lipinski definition) is 2. The van der Waals surface area contributed by atoms with Crippen LogP contribution in [0, 0.1) is 11.8 Å². The van der Waals surface area contributed by atoms with Crippen LogP contribution in [0.5, 0.6) is 0 Å². The Morgan fingerprint density at radius 1 is 0.600 bits per heavy atom. The second kappa shape index (κ2) is 8.98. The summed E-state index contributed by atoms with van der Waals surface area (Å²) in [6.45, 7) is 2.73. The zero-order valence-corrected chi connectivity index (χ0v) is 12.8. The lowest BCUT2D eigenvalue weighted by Gasteiger charge is -2.37. The zero-order valence-electron chi connectivity index (χ0n) is 12.8. The summed E-state index contributed by atoms with van der Waals surface area (Å²) in [5.74, 6) is 1.84. The molecule has 20 heavy (non-hydrogen) atoms. The Bertz CT molecular complexity index is 221. The van der Waals surface area contributed by atoms with Crippen LogP contribution < -0.4 is 11.5 Å². The van der Waals surface area contributed by atoms with Gasteiger partial charge in [-0.15, -0.1) is 0 Å². The minimum atomic E-state index is 0.471. The minimum absolute atomic E-state index is 0.471. The zero-order chi connectivity index (χ0) is 14.2. The maximum absolute atomic E-state index is 5.77. The second-order valence-electron chi connectivity index (χ2n) is 6.39. The summed E-state index contributed by atoms with van der Waals surface area (Å²) < 4.78 is 11.5. The van der Waals surface area contributed by atoms with Crippen molar-refractivity contribution in [3.05, 3.63) is 0 Å². The van der Waals surface area contributed by atoms with Crippen molar-refractivity contribution in [2.75, 3.05) is 26.3 Å².